The molecule has 0 aromatic rings. The van der Waals surface area contributed by atoms with Crippen molar-refractivity contribution >= 4 is 11.9 Å². The van der Waals surface area contributed by atoms with Gasteiger partial charge in [0.05, 0.1) is 13.2 Å². The molecule has 226 valence electrons. The highest BCUT2D eigenvalue weighted by atomic mass is 16.6. The molecule has 0 saturated heterocycles. The standard InChI is InChI=1S/C32H63NO5/c1-6-7-8-9-10-17-22-27-37-30(35)23-18-13-11-15-20-25-33(29(2)28-34)26-21-16-12-14-19-24-31(36)38-32(3,4)5/h29,34H,6-28H2,1-5H3. The lowest BCUT2D eigenvalue weighted by Crippen LogP contribution is -2.37. The van der Waals surface area contributed by atoms with Crippen LogP contribution in [0.5, 0.6) is 0 Å². The molecule has 0 aliphatic heterocycles. The normalized spacial score (nSPS) is 12.6. The van der Waals surface area contributed by atoms with Gasteiger partial charge in [0.2, 0.25) is 0 Å². The minimum absolute atomic E-state index is 0.0382. The van der Waals surface area contributed by atoms with E-state index in [9.17, 15) is 14.7 Å². The third kappa shape index (κ3) is 25.2. The molecule has 1 unspecified atom stereocenters. The van der Waals surface area contributed by atoms with Crippen molar-refractivity contribution < 1.29 is 24.2 Å². The molecule has 0 amide bonds. The van der Waals surface area contributed by atoms with Gasteiger partial charge < -0.3 is 14.6 Å². The molecule has 0 aromatic heterocycles. The predicted octanol–water partition coefficient (Wildman–Crippen LogP) is 7.99. The summed E-state index contributed by atoms with van der Waals surface area (Å²) in [6.45, 7) is 12.8. The maximum absolute atomic E-state index is 11.9. The molecule has 0 heterocycles. The van der Waals surface area contributed by atoms with Crippen LogP contribution in [0, 0.1) is 0 Å². The van der Waals surface area contributed by atoms with Gasteiger partial charge in [-0.2, -0.15) is 0 Å². The third-order valence-electron chi connectivity index (χ3n) is 6.97. The Morgan fingerprint density at radius 1 is 0.684 bits per heavy atom. The Labute approximate surface area is 235 Å². The molecule has 0 saturated carbocycles. The van der Waals surface area contributed by atoms with Crippen molar-refractivity contribution in [1.29, 1.82) is 0 Å². The maximum atomic E-state index is 11.9. The zero-order valence-electron chi connectivity index (χ0n) is 25.9. The fourth-order valence-corrected chi connectivity index (χ4v) is 4.61. The Bertz CT molecular complexity index is 561. The lowest BCUT2D eigenvalue weighted by molar-refractivity contribution is -0.155. The molecule has 0 spiro atoms. The van der Waals surface area contributed by atoms with Crippen LogP contribution >= 0.6 is 0 Å². The summed E-state index contributed by atoms with van der Waals surface area (Å²) < 4.78 is 10.7. The molecule has 6 heteroatoms. The fraction of sp³-hybridized carbons (Fsp3) is 0.938. The summed E-state index contributed by atoms with van der Waals surface area (Å²) in [7, 11) is 0. The summed E-state index contributed by atoms with van der Waals surface area (Å²) in [6, 6.07) is 0.188. The molecular weight excluding hydrogens is 478 g/mol. The first kappa shape index (κ1) is 36.9. The third-order valence-corrected chi connectivity index (χ3v) is 6.97. The Balaban J connectivity index is 3.72. The summed E-state index contributed by atoms with van der Waals surface area (Å²) in [6.07, 6.45) is 20.5. The lowest BCUT2D eigenvalue weighted by atomic mass is 10.1. The average Bonchev–Trinajstić information content (AvgIpc) is 2.86. The van der Waals surface area contributed by atoms with E-state index in [1.165, 1.54) is 38.5 Å². The van der Waals surface area contributed by atoms with Crippen LogP contribution in [0.1, 0.15) is 157 Å². The van der Waals surface area contributed by atoms with Crippen molar-refractivity contribution in [3.8, 4) is 0 Å². The monoisotopic (exact) mass is 541 g/mol. The van der Waals surface area contributed by atoms with E-state index in [1.54, 1.807) is 0 Å². The number of carbonyl (C=O) groups is 2. The summed E-state index contributed by atoms with van der Waals surface area (Å²) in [5.74, 6) is -0.136. The first-order chi connectivity index (χ1) is 18.2. The number of hydrogen-bond donors (Lipinski definition) is 1. The molecule has 6 nitrogen and oxygen atoms in total. The summed E-state index contributed by atoms with van der Waals surface area (Å²) in [5, 5.41) is 9.64. The van der Waals surface area contributed by atoms with E-state index in [0.717, 1.165) is 83.7 Å². The molecule has 0 aromatic carbocycles. The van der Waals surface area contributed by atoms with Gasteiger partial charge in [-0.15, -0.1) is 0 Å². The second-order valence-electron chi connectivity index (χ2n) is 12.0. The molecule has 0 bridgehead atoms. The molecule has 0 fully saturated rings. The van der Waals surface area contributed by atoms with Gasteiger partial charge in [-0.1, -0.05) is 84.0 Å². The Morgan fingerprint density at radius 2 is 1.13 bits per heavy atom. The molecule has 0 aliphatic rings. The fourth-order valence-electron chi connectivity index (χ4n) is 4.61. The lowest BCUT2D eigenvalue weighted by Gasteiger charge is -2.27. The first-order valence-electron chi connectivity index (χ1n) is 15.9. The van der Waals surface area contributed by atoms with Gasteiger partial charge in [-0.05, 0) is 72.9 Å². The highest BCUT2D eigenvalue weighted by Crippen LogP contribution is 2.14. The summed E-state index contributed by atoms with van der Waals surface area (Å²) in [4.78, 5) is 26.1. The Kier molecular flexibility index (Phi) is 24.1. The Hall–Kier alpha value is -1.14. The van der Waals surface area contributed by atoms with Crippen LogP contribution in [0.3, 0.4) is 0 Å². The number of nitrogens with zero attached hydrogens (tertiary/aromatic N) is 1. The number of aliphatic hydroxyl groups excluding tert-OH is 1. The quantitative estimate of drug-likeness (QED) is 0.0883. The van der Waals surface area contributed by atoms with Crippen LogP contribution in [0.25, 0.3) is 0 Å². The average molecular weight is 542 g/mol. The van der Waals surface area contributed by atoms with Crippen molar-refractivity contribution in [2.75, 3.05) is 26.3 Å². The smallest absolute Gasteiger partial charge is 0.306 e. The molecule has 0 rings (SSSR count). The van der Waals surface area contributed by atoms with Gasteiger partial charge in [0, 0.05) is 18.9 Å². The molecule has 0 aliphatic carbocycles. The van der Waals surface area contributed by atoms with E-state index in [2.05, 4.69) is 18.7 Å². The minimum atomic E-state index is -0.398. The van der Waals surface area contributed by atoms with Crippen molar-refractivity contribution in [2.45, 2.75) is 168 Å². The second kappa shape index (κ2) is 24.9. The van der Waals surface area contributed by atoms with Crippen LogP contribution in [-0.2, 0) is 19.1 Å². The van der Waals surface area contributed by atoms with E-state index in [4.69, 9.17) is 9.47 Å². The van der Waals surface area contributed by atoms with E-state index in [0.29, 0.717) is 19.4 Å². The van der Waals surface area contributed by atoms with Gasteiger partial charge in [0.15, 0.2) is 0 Å². The minimum Gasteiger partial charge on any atom is -0.466 e. The van der Waals surface area contributed by atoms with E-state index in [1.807, 2.05) is 20.8 Å². The van der Waals surface area contributed by atoms with Crippen LogP contribution in [0.15, 0.2) is 0 Å². The number of carbonyl (C=O) groups excluding carboxylic acids is 2. The zero-order chi connectivity index (χ0) is 28.5. The van der Waals surface area contributed by atoms with Crippen LogP contribution in [0.4, 0.5) is 0 Å². The van der Waals surface area contributed by atoms with Crippen LogP contribution in [-0.4, -0.2) is 59.9 Å². The highest BCUT2D eigenvalue weighted by Gasteiger charge is 2.16. The molecular formula is C32H63NO5. The molecule has 1 N–H and O–H groups in total. The van der Waals surface area contributed by atoms with Gasteiger partial charge in [0.25, 0.3) is 0 Å². The van der Waals surface area contributed by atoms with Crippen LogP contribution < -0.4 is 0 Å². The van der Waals surface area contributed by atoms with Crippen molar-refractivity contribution in [1.82, 2.24) is 4.90 Å². The molecule has 38 heavy (non-hydrogen) atoms. The zero-order valence-corrected chi connectivity index (χ0v) is 25.9. The summed E-state index contributed by atoms with van der Waals surface area (Å²) >= 11 is 0. The topological polar surface area (TPSA) is 76.1 Å². The van der Waals surface area contributed by atoms with Gasteiger partial charge in [0.1, 0.15) is 5.60 Å². The van der Waals surface area contributed by atoms with E-state index >= 15 is 0 Å². The predicted molar refractivity (Wildman–Crippen MR) is 158 cm³/mol. The van der Waals surface area contributed by atoms with E-state index in [-0.39, 0.29) is 24.6 Å². The second-order valence-corrected chi connectivity index (χ2v) is 12.0. The molecule has 1 atom stereocenters. The maximum Gasteiger partial charge on any atom is 0.306 e. The summed E-state index contributed by atoms with van der Waals surface area (Å²) in [5.41, 5.74) is -0.398. The van der Waals surface area contributed by atoms with Crippen molar-refractivity contribution in [3.05, 3.63) is 0 Å². The number of hydrogen-bond acceptors (Lipinski definition) is 6. The van der Waals surface area contributed by atoms with Crippen molar-refractivity contribution in [2.24, 2.45) is 0 Å². The first-order valence-corrected chi connectivity index (χ1v) is 15.9. The number of aliphatic hydroxyl groups is 1. The number of ether oxygens (including phenoxy) is 2. The Morgan fingerprint density at radius 3 is 1.63 bits per heavy atom. The SMILES string of the molecule is CCCCCCCCCOC(=O)CCCCCCCN(CCCCCCCC(=O)OC(C)(C)C)C(C)CO. The van der Waals surface area contributed by atoms with Gasteiger partial charge in [-0.25, -0.2) is 0 Å². The van der Waals surface area contributed by atoms with Gasteiger partial charge in [-0.3, -0.25) is 14.5 Å². The largest absolute Gasteiger partial charge is 0.466 e. The molecule has 0 radical (unpaired) electrons. The van der Waals surface area contributed by atoms with Crippen molar-refractivity contribution in [3.63, 3.8) is 0 Å². The number of rotatable bonds is 26. The van der Waals surface area contributed by atoms with Gasteiger partial charge >= 0.3 is 11.9 Å². The number of esters is 2. The van der Waals surface area contributed by atoms with E-state index < -0.39 is 5.60 Å². The van der Waals surface area contributed by atoms with Crippen LogP contribution in [0.2, 0.25) is 0 Å². The number of unbranched alkanes of at least 4 members (excludes halogenated alkanes) is 14. The highest BCUT2D eigenvalue weighted by molar-refractivity contribution is 5.69.